The highest BCUT2D eigenvalue weighted by Gasteiger charge is 2.25. The average Bonchev–Trinajstić information content (AvgIpc) is 3.47. The van der Waals surface area contributed by atoms with Crippen molar-refractivity contribution < 1.29 is 13.7 Å². The van der Waals surface area contributed by atoms with E-state index in [0.717, 1.165) is 31.8 Å². The van der Waals surface area contributed by atoms with E-state index in [0.29, 0.717) is 30.9 Å². The lowest BCUT2D eigenvalue weighted by atomic mass is 10.0. The number of likely N-dealkylation sites (N-methyl/N-ethyl adjacent to an activating group) is 1. The van der Waals surface area contributed by atoms with Crippen molar-refractivity contribution in [1.82, 2.24) is 26.1 Å². The van der Waals surface area contributed by atoms with Crippen molar-refractivity contribution >= 4 is 18.0 Å². The fourth-order valence-electron chi connectivity index (χ4n) is 3.66. The Bertz CT molecular complexity index is 897. The van der Waals surface area contributed by atoms with Gasteiger partial charge in [-0.1, -0.05) is 19.0 Å². The van der Waals surface area contributed by atoms with Crippen LogP contribution in [-0.2, 0) is 0 Å². The largest absolute Gasteiger partial charge is 0.489 e. The Balaban J connectivity index is 1.21. The molecule has 0 saturated carbocycles. The van der Waals surface area contributed by atoms with Gasteiger partial charge >= 0.3 is 6.01 Å². The van der Waals surface area contributed by atoms with Crippen LogP contribution in [0.1, 0.15) is 38.4 Å². The number of rotatable bonds is 8. The SMILES string of the molecule is CC(C)c1noc(N2CCC(N(C)CCOc3ccc(N4C=NNN4)cc3F)CC2)n1. The third kappa shape index (κ3) is 5.05. The van der Waals surface area contributed by atoms with Crippen molar-refractivity contribution in [3.05, 3.63) is 29.8 Å². The summed E-state index contributed by atoms with van der Waals surface area (Å²) in [6.07, 6.45) is 3.52. The van der Waals surface area contributed by atoms with Gasteiger partial charge in [-0.3, -0.25) is 4.90 Å². The summed E-state index contributed by atoms with van der Waals surface area (Å²) in [6.45, 7) is 6.97. The summed E-state index contributed by atoms with van der Waals surface area (Å²) in [5.41, 5.74) is 5.96. The molecule has 2 aliphatic rings. The first kappa shape index (κ1) is 21.3. The first-order valence-corrected chi connectivity index (χ1v) is 10.6. The molecule has 0 aliphatic carbocycles. The molecule has 168 valence electrons. The number of hydrogen-bond donors (Lipinski definition) is 2. The Morgan fingerprint density at radius 2 is 2.13 bits per heavy atom. The molecule has 2 aliphatic heterocycles. The van der Waals surface area contributed by atoms with E-state index in [4.69, 9.17) is 9.26 Å². The van der Waals surface area contributed by atoms with E-state index in [1.54, 1.807) is 17.1 Å². The lowest BCUT2D eigenvalue weighted by Gasteiger charge is -2.35. The maximum absolute atomic E-state index is 14.4. The van der Waals surface area contributed by atoms with Crippen molar-refractivity contribution in [3.63, 3.8) is 0 Å². The number of halogens is 1. The summed E-state index contributed by atoms with van der Waals surface area (Å²) >= 11 is 0. The highest BCUT2D eigenvalue weighted by Crippen LogP contribution is 2.24. The van der Waals surface area contributed by atoms with Gasteiger partial charge in [-0.2, -0.15) is 10.1 Å². The number of piperidine rings is 1. The third-order valence-corrected chi connectivity index (χ3v) is 5.61. The van der Waals surface area contributed by atoms with Crippen LogP contribution in [0.5, 0.6) is 5.75 Å². The summed E-state index contributed by atoms with van der Waals surface area (Å²) in [5, 5.41) is 9.42. The van der Waals surface area contributed by atoms with Crippen molar-refractivity contribution in [3.8, 4) is 5.75 Å². The van der Waals surface area contributed by atoms with Crippen LogP contribution >= 0.6 is 0 Å². The molecule has 2 aromatic rings. The first-order chi connectivity index (χ1) is 15.0. The van der Waals surface area contributed by atoms with Gasteiger partial charge in [0.15, 0.2) is 17.4 Å². The van der Waals surface area contributed by atoms with Gasteiger partial charge in [0.1, 0.15) is 12.9 Å². The van der Waals surface area contributed by atoms with Crippen LogP contribution in [0, 0.1) is 5.82 Å². The summed E-state index contributed by atoms with van der Waals surface area (Å²) < 4.78 is 25.4. The zero-order valence-corrected chi connectivity index (χ0v) is 18.1. The van der Waals surface area contributed by atoms with E-state index in [9.17, 15) is 4.39 Å². The Morgan fingerprint density at radius 1 is 1.32 bits per heavy atom. The monoisotopic (exact) mass is 432 g/mol. The molecule has 11 heteroatoms. The van der Waals surface area contributed by atoms with Crippen molar-refractivity contribution in [1.29, 1.82) is 0 Å². The first-order valence-electron chi connectivity index (χ1n) is 10.6. The zero-order valence-electron chi connectivity index (χ0n) is 18.1. The predicted octanol–water partition coefficient (Wildman–Crippen LogP) is 2.08. The van der Waals surface area contributed by atoms with Crippen molar-refractivity contribution in [2.24, 2.45) is 5.10 Å². The maximum Gasteiger partial charge on any atom is 0.324 e. The molecule has 0 unspecified atom stereocenters. The zero-order chi connectivity index (χ0) is 21.8. The highest BCUT2D eigenvalue weighted by atomic mass is 19.1. The van der Waals surface area contributed by atoms with Gasteiger partial charge in [0.2, 0.25) is 0 Å². The average molecular weight is 433 g/mol. The molecule has 2 N–H and O–H groups in total. The van der Waals surface area contributed by atoms with E-state index in [1.165, 1.54) is 12.4 Å². The molecule has 31 heavy (non-hydrogen) atoms. The van der Waals surface area contributed by atoms with Crippen molar-refractivity contribution in [2.75, 3.05) is 43.2 Å². The van der Waals surface area contributed by atoms with E-state index < -0.39 is 5.82 Å². The van der Waals surface area contributed by atoms with Crippen LogP contribution in [-0.4, -0.2) is 60.7 Å². The highest BCUT2D eigenvalue weighted by molar-refractivity contribution is 5.78. The smallest absolute Gasteiger partial charge is 0.324 e. The summed E-state index contributed by atoms with van der Waals surface area (Å²) in [5.74, 6) is 0.836. The minimum absolute atomic E-state index is 0.244. The normalized spacial score (nSPS) is 17.1. The lowest BCUT2D eigenvalue weighted by Crippen LogP contribution is -2.44. The number of hydrazone groups is 1. The van der Waals surface area contributed by atoms with E-state index in [1.807, 2.05) is 0 Å². The molecule has 0 spiro atoms. The standard InChI is InChI=1S/C20H29FN8O2/c1-14(2)19-23-20(31-24-19)28-8-6-15(7-9-28)27(3)10-11-30-18-5-4-16(12-17(18)21)29-13-22-25-26-29/h4-5,12-15,25-26H,6-11H2,1-3H3. The van der Waals surface area contributed by atoms with Crippen molar-refractivity contribution in [2.45, 2.75) is 38.6 Å². The fourth-order valence-corrected chi connectivity index (χ4v) is 3.66. The molecule has 1 aromatic carbocycles. The third-order valence-electron chi connectivity index (χ3n) is 5.61. The molecular weight excluding hydrogens is 403 g/mol. The van der Waals surface area contributed by atoms with Gasteiger partial charge in [-0.25, -0.2) is 14.9 Å². The minimum Gasteiger partial charge on any atom is -0.489 e. The van der Waals surface area contributed by atoms with Gasteiger partial charge in [0.25, 0.3) is 0 Å². The van der Waals surface area contributed by atoms with Crippen LogP contribution in [0.15, 0.2) is 27.8 Å². The Hall–Kier alpha value is -2.92. The number of hydrazine groups is 2. The lowest BCUT2D eigenvalue weighted by molar-refractivity contribution is 0.166. The molecule has 0 bridgehead atoms. The van der Waals surface area contributed by atoms with Crippen LogP contribution in [0.3, 0.4) is 0 Å². The van der Waals surface area contributed by atoms with E-state index in [2.05, 4.69) is 57.0 Å². The molecule has 3 heterocycles. The molecule has 1 aromatic heterocycles. The second-order valence-electron chi connectivity index (χ2n) is 8.09. The van der Waals surface area contributed by atoms with E-state index >= 15 is 0 Å². The Kier molecular flexibility index (Phi) is 6.52. The summed E-state index contributed by atoms with van der Waals surface area (Å²) in [6, 6.07) is 5.85. The fraction of sp³-hybridized carbons (Fsp3) is 0.550. The number of ether oxygens (including phenoxy) is 1. The minimum atomic E-state index is -0.407. The number of benzene rings is 1. The van der Waals surface area contributed by atoms with Crippen LogP contribution < -0.4 is 25.7 Å². The Morgan fingerprint density at radius 3 is 2.77 bits per heavy atom. The molecule has 10 nitrogen and oxygen atoms in total. The molecule has 4 rings (SSSR count). The predicted molar refractivity (Wildman–Crippen MR) is 115 cm³/mol. The second kappa shape index (κ2) is 9.48. The molecule has 0 atom stereocenters. The second-order valence-corrected chi connectivity index (χ2v) is 8.09. The number of nitrogens with zero attached hydrogens (tertiary/aromatic N) is 6. The van der Waals surface area contributed by atoms with Gasteiger partial charge in [-0.05, 0) is 32.0 Å². The maximum atomic E-state index is 14.4. The van der Waals surface area contributed by atoms with Gasteiger partial charge < -0.3 is 14.2 Å². The molecular formula is C20H29FN8O2. The number of nitrogens with one attached hydrogen (secondary N) is 2. The number of hydrogen-bond acceptors (Lipinski definition) is 10. The topological polar surface area (TPSA) is 94.3 Å². The number of anilines is 2. The van der Waals surface area contributed by atoms with Crippen LogP contribution in [0.4, 0.5) is 16.1 Å². The molecule has 1 saturated heterocycles. The van der Waals surface area contributed by atoms with Gasteiger partial charge in [0, 0.05) is 37.7 Å². The quantitative estimate of drug-likeness (QED) is 0.650. The Labute approximate surface area is 181 Å². The number of aromatic nitrogens is 2. The van der Waals surface area contributed by atoms with Crippen LogP contribution in [0.25, 0.3) is 0 Å². The summed E-state index contributed by atoms with van der Waals surface area (Å²) in [4.78, 5) is 8.90. The molecule has 0 radical (unpaired) electrons. The molecule has 1 fully saturated rings. The molecule has 0 amide bonds. The van der Waals surface area contributed by atoms with Crippen LogP contribution in [0.2, 0.25) is 0 Å². The summed E-state index contributed by atoms with van der Waals surface area (Å²) in [7, 11) is 2.08. The van der Waals surface area contributed by atoms with Gasteiger partial charge in [-0.15, -0.1) is 5.53 Å². The van der Waals surface area contributed by atoms with Gasteiger partial charge in [0.05, 0.1) is 5.69 Å². The van der Waals surface area contributed by atoms with E-state index in [-0.39, 0.29) is 11.7 Å².